The summed E-state index contributed by atoms with van der Waals surface area (Å²) >= 11 is 0. The molecule has 0 amide bonds. The molecule has 2 rings (SSSR count). The third kappa shape index (κ3) is 4.22. The van der Waals surface area contributed by atoms with Gasteiger partial charge in [0.05, 0.1) is 17.6 Å². The molecule has 1 aromatic carbocycles. The maximum atomic E-state index is 11.1. The molecule has 0 atom stereocenters. The summed E-state index contributed by atoms with van der Waals surface area (Å²) in [6.45, 7) is 2.00. The number of anilines is 1. The van der Waals surface area contributed by atoms with E-state index < -0.39 is 10.9 Å². The van der Waals surface area contributed by atoms with E-state index in [4.69, 9.17) is 4.74 Å². The molecule has 1 aliphatic heterocycles. The first-order valence-corrected chi connectivity index (χ1v) is 5.72. The van der Waals surface area contributed by atoms with Crippen molar-refractivity contribution in [2.45, 2.75) is 6.42 Å². The van der Waals surface area contributed by atoms with Gasteiger partial charge in [-0.3, -0.25) is 10.1 Å². The Morgan fingerprint density at radius 1 is 1.47 bits per heavy atom. The van der Waals surface area contributed by atoms with Gasteiger partial charge in [-0.2, -0.15) is 0 Å². The van der Waals surface area contributed by atoms with Gasteiger partial charge in [-0.1, -0.05) is 0 Å². The first-order chi connectivity index (χ1) is 9.10. The van der Waals surface area contributed by atoms with Gasteiger partial charge in [0, 0.05) is 26.3 Å². The van der Waals surface area contributed by atoms with Crippen LogP contribution in [0.2, 0.25) is 0 Å². The molecule has 0 radical (unpaired) electrons. The summed E-state index contributed by atoms with van der Waals surface area (Å²) < 4.78 is 9.22. The van der Waals surface area contributed by atoms with Crippen molar-refractivity contribution in [2.24, 2.45) is 0 Å². The highest BCUT2D eigenvalue weighted by Crippen LogP contribution is 2.25. The van der Waals surface area contributed by atoms with Crippen molar-refractivity contribution in [1.82, 2.24) is 0 Å². The third-order valence-electron chi connectivity index (χ3n) is 2.46. The lowest BCUT2D eigenvalue weighted by atomic mass is 10.1. The largest absolute Gasteiger partial charge is 0.465 e. The highest BCUT2D eigenvalue weighted by atomic mass is 16.6. The number of benzene rings is 1. The number of hydrogen-bond acceptors (Lipinski definition) is 6. The Morgan fingerprint density at radius 2 is 2.05 bits per heavy atom. The Labute approximate surface area is 110 Å². The number of ether oxygens (including phenoxy) is 2. The van der Waals surface area contributed by atoms with Gasteiger partial charge in [-0.15, -0.1) is 0 Å². The van der Waals surface area contributed by atoms with Crippen LogP contribution in [0.15, 0.2) is 18.2 Å². The van der Waals surface area contributed by atoms with E-state index in [1.165, 1.54) is 31.7 Å². The van der Waals surface area contributed by atoms with Crippen LogP contribution in [0.25, 0.3) is 0 Å². The van der Waals surface area contributed by atoms with E-state index in [0.717, 1.165) is 13.2 Å². The van der Waals surface area contributed by atoms with Crippen molar-refractivity contribution < 1.29 is 19.2 Å². The average molecular weight is 268 g/mol. The number of nitrogens with zero attached hydrogens (tertiary/aromatic N) is 1. The fraction of sp³-hybridized carbons (Fsp3) is 0.417. The summed E-state index contributed by atoms with van der Waals surface area (Å²) in [7, 11) is 2.80. The van der Waals surface area contributed by atoms with Gasteiger partial charge in [0.25, 0.3) is 5.69 Å². The monoisotopic (exact) mass is 268 g/mol. The molecule has 0 aromatic heterocycles. The molecule has 1 N–H and O–H groups in total. The molecule has 19 heavy (non-hydrogen) atoms. The normalized spacial score (nSPS) is 12.5. The average Bonchev–Trinajstić information content (AvgIpc) is 2.34. The molecule has 0 saturated carbocycles. The number of nitrogens with one attached hydrogen (secondary N) is 1. The zero-order valence-electron chi connectivity index (χ0n) is 10.8. The number of hydrogen-bond donors (Lipinski definition) is 1. The molecular formula is C12H16N2O5. The number of nitro groups is 1. The summed E-state index contributed by atoms with van der Waals surface area (Å²) in [5.74, 6) is -0.526. The topological polar surface area (TPSA) is 90.7 Å². The lowest BCUT2D eigenvalue weighted by molar-refractivity contribution is -0.383. The SMILES string of the molecule is C1COC1.CNc1cc(C(=O)OC)ccc1[N+](=O)[O-]. The van der Waals surface area contributed by atoms with Crippen LogP contribution in [0.3, 0.4) is 0 Å². The Hall–Kier alpha value is -2.15. The lowest BCUT2D eigenvalue weighted by Gasteiger charge is -2.09. The van der Waals surface area contributed by atoms with Crippen molar-refractivity contribution in [3.63, 3.8) is 0 Å². The van der Waals surface area contributed by atoms with Crippen molar-refractivity contribution in [3.05, 3.63) is 33.9 Å². The van der Waals surface area contributed by atoms with Crippen LogP contribution in [0.5, 0.6) is 0 Å². The van der Waals surface area contributed by atoms with Gasteiger partial charge in [0.1, 0.15) is 5.69 Å². The summed E-state index contributed by atoms with van der Waals surface area (Å²) in [5, 5.41) is 13.2. The summed E-state index contributed by atoms with van der Waals surface area (Å²) in [4.78, 5) is 21.2. The van der Waals surface area contributed by atoms with Gasteiger partial charge < -0.3 is 14.8 Å². The van der Waals surface area contributed by atoms with Gasteiger partial charge in [-0.25, -0.2) is 4.79 Å². The van der Waals surface area contributed by atoms with Gasteiger partial charge >= 0.3 is 5.97 Å². The van der Waals surface area contributed by atoms with Crippen LogP contribution < -0.4 is 5.32 Å². The highest BCUT2D eigenvalue weighted by Gasteiger charge is 2.15. The van der Waals surface area contributed by atoms with Crippen molar-refractivity contribution in [3.8, 4) is 0 Å². The molecule has 1 saturated heterocycles. The second kappa shape index (κ2) is 7.32. The molecule has 7 nitrogen and oxygen atoms in total. The number of methoxy groups -OCH3 is 1. The Kier molecular flexibility index (Phi) is 5.74. The quantitative estimate of drug-likeness (QED) is 0.511. The number of rotatable bonds is 3. The highest BCUT2D eigenvalue weighted by molar-refractivity contribution is 5.91. The van der Waals surface area contributed by atoms with Gasteiger partial charge in [0.2, 0.25) is 0 Å². The van der Waals surface area contributed by atoms with Crippen molar-refractivity contribution in [1.29, 1.82) is 0 Å². The Balaban J connectivity index is 0.000000382. The van der Waals surface area contributed by atoms with Crippen LogP contribution in [-0.4, -0.2) is 38.3 Å². The summed E-state index contributed by atoms with van der Waals surface area (Å²) in [6.07, 6.45) is 1.28. The van der Waals surface area contributed by atoms with Gasteiger partial charge in [-0.05, 0) is 18.6 Å². The molecule has 0 unspecified atom stereocenters. The van der Waals surface area contributed by atoms with E-state index in [-0.39, 0.29) is 16.9 Å². The van der Waals surface area contributed by atoms with Gasteiger partial charge in [0.15, 0.2) is 0 Å². The predicted octanol–water partition coefficient (Wildman–Crippen LogP) is 1.83. The minimum Gasteiger partial charge on any atom is -0.465 e. The Bertz CT molecular complexity index is 453. The van der Waals surface area contributed by atoms with Crippen molar-refractivity contribution >= 4 is 17.3 Å². The second-order valence-electron chi connectivity index (χ2n) is 3.70. The minimum absolute atomic E-state index is 0.0786. The fourth-order valence-corrected chi connectivity index (χ4v) is 1.28. The molecule has 104 valence electrons. The van der Waals surface area contributed by atoms with Crippen LogP contribution in [0.4, 0.5) is 11.4 Å². The smallest absolute Gasteiger partial charge is 0.337 e. The fourth-order valence-electron chi connectivity index (χ4n) is 1.28. The third-order valence-corrected chi connectivity index (χ3v) is 2.46. The van der Waals surface area contributed by atoms with E-state index in [2.05, 4.69) is 10.1 Å². The summed E-state index contributed by atoms with van der Waals surface area (Å²) in [5.41, 5.74) is 0.473. The maximum absolute atomic E-state index is 11.1. The predicted molar refractivity (Wildman–Crippen MR) is 69.4 cm³/mol. The lowest BCUT2D eigenvalue weighted by Crippen LogP contribution is -2.09. The number of esters is 1. The van der Waals surface area contributed by atoms with E-state index >= 15 is 0 Å². The van der Waals surface area contributed by atoms with Crippen LogP contribution in [0.1, 0.15) is 16.8 Å². The molecule has 7 heteroatoms. The molecule has 1 heterocycles. The minimum atomic E-state index is -0.526. The molecule has 1 aliphatic rings. The van der Waals surface area contributed by atoms with E-state index in [0.29, 0.717) is 0 Å². The zero-order valence-corrected chi connectivity index (χ0v) is 10.8. The Morgan fingerprint density at radius 3 is 2.42 bits per heavy atom. The number of nitro benzene ring substituents is 1. The first-order valence-electron chi connectivity index (χ1n) is 5.72. The van der Waals surface area contributed by atoms with Crippen molar-refractivity contribution in [2.75, 3.05) is 32.7 Å². The molecule has 0 aliphatic carbocycles. The van der Waals surface area contributed by atoms with Crippen LogP contribution in [0, 0.1) is 10.1 Å². The molecule has 1 aromatic rings. The standard InChI is InChI=1S/C9H10N2O4.C3H6O/c1-10-7-5-6(9(12)15-2)3-4-8(7)11(13)14;1-2-4-3-1/h3-5,10H,1-2H3;1-3H2. The molecular weight excluding hydrogens is 252 g/mol. The second-order valence-corrected chi connectivity index (χ2v) is 3.70. The molecule has 0 spiro atoms. The van der Waals surface area contributed by atoms with E-state index in [9.17, 15) is 14.9 Å². The first kappa shape index (κ1) is 14.9. The molecule has 1 fully saturated rings. The summed E-state index contributed by atoms with van der Waals surface area (Å²) in [6, 6.07) is 3.99. The van der Waals surface area contributed by atoms with Crippen LogP contribution >= 0.6 is 0 Å². The van der Waals surface area contributed by atoms with E-state index in [1.54, 1.807) is 7.05 Å². The van der Waals surface area contributed by atoms with Crippen LogP contribution in [-0.2, 0) is 9.47 Å². The zero-order chi connectivity index (χ0) is 14.3. The maximum Gasteiger partial charge on any atom is 0.337 e. The van der Waals surface area contributed by atoms with E-state index in [1.807, 2.05) is 0 Å². The molecule has 0 bridgehead atoms. The number of carbonyl (C=O) groups excluding carboxylic acids is 1. The number of carbonyl (C=O) groups is 1.